The van der Waals surface area contributed by atoms with E-state index in [1.807, 2.05) is 42.5 Å². The van der Waals surface area contributed by atoms with E-state index in [9.17, 15) is 20.0 Å². The molecule has 2 heterocycles. The van der Waals surface area contributed by atoms with Gasteiger partial charge in [0.2, 0.25) is 0 Å². The average Bonchev–Trinajstić information content (AvgIpc) is 3.29. The number of furan rings is 1. The van der Waals surface area contributed by atoms with Crippen LogP contribution in [0.1, 0.15) is 32.0 Å². The van der Waals surface area contributed by atoms with Crippen LogP contribution in [0.25, 0.3) is 0 Å². The van der Waals surface area contributed by atoms with Gasteiger partial charge in [0.1, 0.15) is 11.0 Å². The van der Waals surface area contributed by atoms with Crippen molar-refractivity contribution in [2.24, 2.45) is 0 Å². The van der Waals surface area contributed by atoms with Crippen LogP contribution >= 0.6 is 11.3 Å². The summed E-state index contributed by atoms with van der Waals surface area (Å²) in [5, 5.41) is 23.6. The molecule has 25 heavy (non-hydrogen) atoms. The first kappa shape index (κ1) is 16.9. The second-order valence-corrected chi connectivity index (χ2v) is 6.39. The van der Waals surface area contributed by atoms with Gasteiger partial charge >= 0.3 is 5.88 Å². The normalized spacial score (nSPS) is 11.9. The molecule has 0 aliphatic rings. The summed E-state index contributed by atoms with van der Waals surface area (Å²) in [4.78, 5) is 23.4. The number of carbonyl (C=O) groups excluding carboxylic acids is 1. The molecule has 8 heteroatoms. The second-order valence-electron chi connectivity index (χ2n) is 5.19. The Morgan fingerprint density at radius 2 is 1.96 bits per heavy atom. The summed E-state index contributed by atoms with van der Waals surface area (Å²) in [7, 11) is 0. The van der Waals surface area contributed by atoms with Crippen molar-refractivity contribution in [1.82, 2.24) is 5.32 Å². The molecule has 0 saturated heterocycles. The van der Waals surface area contributed by atoms with Crippen LogP contribution in [0.5, 0.6) is 0 Å². The van der Waals surface area contributed by atoms with Crippen molar-refractivity contribution in [3.8, 4) is 0 Å². The van der Waals surface area contributed by atoms with Crippen molar-refractivity contribution in [1.29, 1.82) is 0 Å². The minimum Gasteiger partial charge on any atom is -0.395 e. The molecule has 1 atom stereocenters. The molecule has 0 saturated carbocycles. The van der Waals surface area contributed by atoms with Gasteiger partial charge in [-0.05, 0) is 23.8 Å². The quantitative estimate of drug-likeness (QED) is 0.520. The fourth-order valence-corrected chi connectivity index (χ4v) is 3.21. The van der Waals surface area contributed by atoms with E-state index in [1.165, 1.54) is 17.4 Å². The minimum atomic E-state index is -0.719. The van der Waals surface area contributed by atoms with E-state index < -0.39 is 22.8 Å². The first-order valence-corrected chi connectivity index (χ1v) is 8.20. The van der Waals surface area contributed by atoms with Crippen molar-refractivity contribution in [3.05, 3.63) is 85.8 Å². The van der Waals surface area contributed by atoms with Crippen molar-refractivity contribution in [3.63, 3.8) is 0 Å². The van der Waals surface area contributed by atoms with Gasteiger partial charge in [-0.2, -0.15) is 0 Å². The molecule has 1 amide bonds. The summed E-state index contributed by atoms with van der Waals surface area (Å²) in [6.45, 7) is 0.236. The molecule has 3 aromatic rings. The maximum Gasteiger partial charge on any atom is 0.433 e. The van der Waals surface area contributed by atoms with Gasteiger partial charge < -0.3 is 14.8 Å². The molecule has 0 fully saturated rings. The smallest absolute Gasteiger partial charge is 0.395 e. The van der Waals surface area contributed by atoms with Crippen molar-refractivity contribution >= 4 is 23.1 Å². The molecule has 0 bridgehead atoms. The molecule has 0 aliphatic heterocycles. The molecule has 0 aliphatic carbocycles. The molecule has 1 aromatic carbocycles. The molecule has 128 valence electrons. The Kier molecular flexibility index (Phi) is 4.92. The number of hydrogen-bond acceptors (Lipinski definition) is 6. The Labute approximate surface area is 146 Å². The lowest BCUT2D eigenvalue weighted by molar-refractivity contribution is -0.402. The number of hydrogen-bond donors (Lipinski definition) is 2. The van der Waals surface area contributed by atoms with Crippen LogP contribution in [0, 0.1) is 10.1 Å². The molecule has 0 spiro atoms. The fraction of sp³-hybridized carbons (Fsp3) is 0.118. The number of aliphatic hydroxyl groups is 1. The van der Waals surface area contributed by atoms with Gasteiger partial charge in [-0.1, -0.05) is 30.3 Å². The number of nitrogens with one attached hydrogen (secondary N) is 1. The SMILES string of the molecule is O=C(NCc1ccc(C(O)c2ccccc2)s1)c1ccc([N+](=O)[O-])o1. The largest absolute Gasteiger partial charge is 0.433 e. The topological polar surface area (TPSA) is 106 Å². The molecule has 2 N–H and O–H groups in total. The summed E-state index contributed by atoms with van der Waals surface area (Å²) < 4.78 is 4.85. The first-order valence-electron chi connectivity index (χ1n) is 7.38. The summed E-state index contributed by atoms with van der Waals surface area (Å²) in [5.74, 6) is -1.13. The number of aliphatic hydroxyl groups excluding tert-OH is 1. The number of carbonyl (C=O) groups is 1. The lowest BCUT2D eigenvalue weighted by Crippen LogP contribution is -2.21. The van der Waals surface area contributed by atoms with Gasteiger partial charge in [-0.25, -0.2) is 0 Å². The maximum atomic E-state index is 11.9. The van der Waals surface area contributed by atoms with Gasteiger partial charge in [0.05, 0.1) is 12.6 Å². The molecule has 3 rings (SSSR count). The molecule has 0 radical (unpaired) electrons. The number of rotatable bonds is 6. The van der Waals surface area contributed by atoms with Gasteiger partial charge in [-0.15, -0.1) is 11.3 Å². The van der Waals surface area contributed by atoms with E-state index in [4.69, 9.17) is 4.42 Å². The molecule has 7 nitrogen and oxygen atoms in total. The third-order valence-corrected chi connectivity index (χ3v) is 4.62. The van der Waals surface area contributed by atoms with E-state index in [2.05, 4.69) is 5.32 Å². The number of thiophene rings is 1. The molecular weight excluding hydrogens is 344 g/mol. The lowest BCUT2D eigenvalue weighted by atomic mass is 10.1. The highest BCUT2D eigenvalue weighted by Gasteiger charge is 2.18. The minimum absolute atomic E-state index is 0.118. The zero-order chi connectivity index (χ0) is 17.8. The summed E-state index contributed by atoms with van der Waals surface area (Å²) in [6.07, 6.45) is -0.719. The van der Waals surface area contributed by atoms with Gasteiger partial charge in [-0.3, -0.25) is 14.9 Å². The van der Waals surface area contributed by atoms with Crippen LogP contribution in [-0.4, -0.2) is 15.9 Å². The number of benzene rings is 1. The van der Waals surface area contributed by atoms with E-state index in [0.717, 1.165) is 21.4 Å². The Morgan fingerprint density at radius 3 is 2.64 bits per heavy atom. The Morgan fingerprint density at radius 1 is 1.20 bits per heavy atom. The van der Waals surface area contributed by atoms with E-state index in [0.29, 0.717) is 0 Å². The predicted octanol–water partition coefficient (Wildman–Crippen LogP) is 3.26. The highest BCUT2D eigenvalue weighted by molar-refractivity contribution is 7.12. The summed E-state index contributed by atoms with van der Waals surface area (Å²) in [6, 6.07) is 15.3. The van der Waals surface area contributed by atoms with Crippen LogP contribution in [-0.2, 0) is 6.54 Å². The van der Waals surface area contributed by atoms with Crippen LogP contribution in [0.3, 0.4) is 0 Å². The fourth-order valence-electron chi connectivity index (χ4n) is 2.24. The Hall–Kier alpha value is -2.97. The first-order chi connectivity index (χ1) is 12.0. The van der Waals surface area contributed by atoms with Crippen molar-refractivity contribution in [2.75, 3.05) is 0 Å². The monoisotopic (exact) mass is 358 g/mol. The van der Waals surface area contributed by atoms with Crippen molar-refractivity contribution in [2.45, 2.75) is 12.6 Å². The predicted molar refractivity (Wildman–Crippen MR) is 91.4 cm³/mol. The second kappa shape index (κ2) is 7.29. The van der Waals surface area contributed by atoms with Gasteiger partial charge in [0.15, 0.2) is 5.76 Å². The van der Waals surface area contributed by atoms with E-state index >= 15 is 0 Å². The van der Waals surface area contributed by atoms with Gasteiger partial charge in [0, 0.05) is 9.75 Å². The summed E-state index contributed by atoms with van der Waals surface area (Å²) in [5.41, 5.74) is 0.794. The zero-order valence-corrected chi connectivity index (χ0v) is 13.7. The highest BCUT2D eigenvalue weighted by Crippen LogP contribution is 2.28. The Balaban J connectivity index is 1.61. The Bertz CT molecular complexity index is 887. The molecular formula is C17H14N2O5S. The van der Waals surface area contributed by atoms with Crippen LogP contribution in [0.15, 0.2) is 59.0 Å². The lowest BCUT2D eigenvalue weighted by Gasteiger charge is -2.08. The maximum absolute atomic E-state index is 11.9. The third kappa shape index (κ3) is 3.93. The van der Waals surface area contributed by atoms with Crippen molar-refractivity contribution < 1.29 is 19.2 Å². The third-order valence-electron chi connectivity index (χ3n) is 3.49. The zero-order valence-electron chi connectivity index (χ0n) is 12.9. The van der Waals surface area contributed by atoms with Gasteiger partial charge in [0.25, 0.3) is 5.91 Å². The van der Waals surface area contributed by atoms with Crippen LogP contribution in [0.2, 0.25) is 0 Å². The average molecular weight is 358 g/mol. The van der Waals surface area contributed by atoms with Crippen LogP contribution < -0.4 is 5.32 Å². The van der Waals surface area contributed by atoms with E-state index in [1.54, 1.807) is 0 Å². The standard InChI is InChI=1S/C17H14N2O5S/c20-16(11-4-2-1-3-5-11)14-8-6-12(25-14)10-18-17(21)13-7-9-15(24-13)19(22)23/h1-9,16,20H,10H2,(H,18,21). The summed E-state index contributed by atoms with van der Waals surface area (Å²) >= 11 is 1.38. The number of nitrogens with zero attached hydrogens (tertiary/aromatic N) is 1. The number of nitro groups is 1. The highest BCUT2D eigenvalue weighted by atomic mass is 32.1. The number of amides is 1. The molecule has 2 aromatic heterocycles. The van der Waals surface area contributed by atoms with Crippen LogP contribution in [0.4, 0.5) is 5.88 Å². The molecule has 1 unspecified atom stereocenters. The van der Waals surface area contributed by atoms with E-state index in [-0.39, 0.29) is 12.3 Å².